The monoisotopic (exact) mass is 358 g/mol. The van der Waals surface area contributed by atoms with Gasteiger partial charge in [-0.05, 0) is 23.3 Å². The molecule has 5 nitrogen and oxygen atoms in total. The maximum absolute atomic E-state index is 13.1. The Kier molecular flexibility index (Phi) is 7.29. The van der Waals surface area contributed by atoms with Crippen LogP contribution in [-0.2, 0) is 22.6 Å². The van der Waals surface area contributed by atoms with Crippen LogP contribution in [0.25, 0.3) is 0 Å². The normalized spacial score (nSPS) is 11.7. The van der Waals surface area contributed by atoms with Gasteiger partial charge in [0.2, 0.25) is 11.8 Å². The lowest BCUT2D eigenvalue weighted by Crippen LogP contribution is -2.50. The van der Waals surface area contributed by atoms with Crippen LogP contribution in [0.3, 0.4) is 0 Å². The van der Waals surface area contributed by atoms with Crippen LogP contribution in [0.4, 0.5) is 4.39 Å². The second kappa shape index (κ2) is 9.68. The Balaban J connectivity index is 2.26. The first kappa shape index (κ1) is 19.6. The van der Waals surface area contributed by atoms with Crippen LogP contribution in [-0.4, -0.2) is 41.0 Å². The third kappa shape index (κ3) is 5.67. The molecule has 0 aliphatic rings. The zero-order valence-electron chi connectivity index (χ0n) is 14.7. The van der Waals surface area contributed by atoms with Crippen LogP contribution in [0.1, 0.15) is 18.1 Å². The van der Waals surface area contributed by atoms with Crippen LogP contribution < -0.4 is 5.32 Å². The fourth-order valence-electron chi connectivity index (χ4n) is 2.71. The van der Waals surface area contributed by atoms with Crippen molar-refractivity contribution < 1.29 is 19.1 Å². The average Bonchev–Trinajstić information content (AvgIpc) is 2.64. The number of carbonyl (C=O) groups excluding carboxylic acids is 2. The van der Waals surface area contributed by atoms with E-state index in [4.69, 9.17) is 5.11 Å². The van der Waals surface area contributed by atoms with Gasteiger partial charge < -0.3 is 15.3 Å². The van der Waals surface area contributed by atoms with Gasteiger partial charge in [0.1, 0.15) is 11.9 Å². The van der Waals surface area contributed by atoms with Crippen LogP contribution in [0.5, 0.6) is 0 Å². The van der Waals surface area contributed by atoms with Gasteiger partial charge in [0.05, 0.1) is 6.61 Å². The highest BCUT2D eigenvalue weighted by Gasteiger charge is 2.28. The van der Waals surface area contributed by atoms with E-state index in [-0.39, 0.29) is 37.3 Å². The SMILES string of the molecule is CC(=O)N(Cc1ccc(F)cc1)[C@@H](Cc1ccccc1)C(=O)NCCO. The molecule has 0 saturated heterocycles. The Morgan fingerprint density at radius 3 is 2.31 bits per heavy atom. The molecule has 138 valence electrons. The third-order valence-electron chi connectivity index (χ3n) is 4.03. The molecule has 0 aliphatic heterocycles. The highest BCUT2D eigenvalue weighted by Crippen LogP contribution is 2.15. The minimum atomic E-state index is -0.730. The summed E-state index contributed by atoms with van der Waals surface area (Å²) in [5.41, 5.74) is 1.65. The van der Waals surface area contributed by atoms with Crippen molar-refractivity contribution in [3.63, 3.8) is 0 Å². The molecule has 2 aromatic carbocycles. The molecule has 0 aromatic heterocycles. The zero-order valence-corrected chi connectivity index (χ0v) is 14.7. The molecule has 0 aliphatic carbocycles. The minimum Gasteiger partial charge on any atom is -0.395 e. The lowest BCUT2D eigenvalue weighted by atomic mass is 10.0. The third-order valence-corrected chi connectivity index (χ3v) is 4.03. The fraction of sp³-hybridized carbons (Fsp3) is 0.300. The molecule has 0 unspecified atom stereocenters. The van der Waals surface area contributed by atoms with Gasteiger partial charge in [-0.25, -0.2) is 4.39 Å². The maximum atomic E-state index is 13.1. The number of rotatable bonds is 8. The summed E-state index contributed by atoms with van der Waals surface area (Å²) in [4.78, 5) is 26.3. The van der Waals surface area contributed by atoms with Crippen molar-refractivity contribution in [1.29, 1.82) is 0 Å². The lowest BCUT2D eigenvalue weighted by molar-refractivity contribution is -0.139. The number of hydrogen-bond acceptors (Lipinski definition) is 3. The van der Waals surface area contributed by atoms with E-state index in [1.54, 1.807) is 12.1 Å². The second-order valence-corrected chi connectivity index (χ2v) is 5.99. The average molecular weight is 358 g/mol. The molecule has 0 saturated carbocycles. The van der Waals surface area contributed by atoms with E-state index >= 15 is 0 Å². The van der Waals surface area contributed by atoms with Crippen LogP contribution in [0, 0.1) is 5.82 Å². The molecule has 1 atom stereocenters. The molecule has 2 aromatic rings. The van der Waals surface area contributed by atoms with E-state index < -0.39 is 6.04 Å². The van der Waals surface area contributed by atoms with Gasteiger partial charge in [-0.1, -0.05) is 42.5 Å². The Morgan fingerprint density at radius 2 is 1.73 bits per heavy atom. The predicted octanol–water partition coefficient (Wildman–Crippen LogP) is 1.89. The van der Waals surface area contributed by atoms with E-state index in [2.05, 4.69) is 5.32 Å². The molecule has 0 radical (unpaired) electrons. The van der Waals surface area contributed by atoms with E-state index in [0.717, 1.165) is 11.1 Å². The minimum absolute atomic E-state index is 0.117. The van der Waals surface area contributed by atoms with Crippen molar-refractivity contribution in [1.82, 2.24) is 10.2 Å². The summed E-state index contributed by atoms with van der Waals surface area (Å²) >= 11 is 0. The van der Waals surface area contributed by atoms with Gasteiger partial charge >= 0.3 is 0 Å². The van der Waals surface area contributed by atoms with Gasteiger partial charge in [-0.15, -0.1) is 0 Å². The van der Waals surface area contributed by atoms with E-state index in [9.17, 15) is 14.0 Å². The number of benzene rings is 2. The molecular formula is C20H23FN2O3. The maximum Gasteiger partial charge on any atom is 0.243 e. The number of halogens is 1. The Hall–Kier alpha value is -2.73. The van der Waals surface area contributed by atoms with Crippen molar-refractivity contribution in [2.45, 2.75) is 25.9 Å². The van der Waals surface area contributed by atoms with Gasteiger partial charge in [-0.2, -0.15) is 0 Å². The molecule has 0 bridgehead atoms. The van der Waals surface area contributed by atoms with Gasteiger partial charge in [-0.3, -0.25) is 9.59 Å². The number of amides is 2. The summed E-state index contributed by atoms with van der Waals surface area (Å²) in [5, 5.41) is 11.6. The molecule has 2 N–H and O–H groups in total. The number of carbonyl (C=O) groups is 2. The summed E-state index contributed by atoms with van der Waals surface area (Å²) in [6, 6.07) is 14.5. The lowest BCUT2D eigenvalue weighted by Gasteiger charge is -2.30. The summed E-state index contributed by atoms with van der Waals surface area (Å²) in [6.07, 6.45) is 0.346. The van der Waals surface area contributed by atoms with Crippen molar-refractivity contribution >= 4 is 11.8 Å². The topological polar surface area (TPSA) is 69.6 Å². The van der Waals surface area contributed by atoms with Crippen molar-refractivity contribution in [3.8, 4) is 0 Å². The van der Waals surface area contributed by atoms with Crippen LogP contribution in [0.2, 0.25) is 0 Å². The number of aliphatic hydroxyl groups excluding tert-OH is 1. The van der Waals surface area contributed by atoms with Crippen LogP contribution >= 0.6 is 0 Å². The van der Waals surface area contributed by atoms with Gasteiger partial charge in [0.15, 0.2) is 0 Å². The van der Waals surface area contributed by atoms with Gasteiger partial charge in [0.25, 0.3) is 0 Å². The molecule has 0 fully saturated rings. The molecule has 6 heteroatoms. The molecule has 26 heavy (non-hydrogen) atoms. The summed E-state index contributed by atoms with van der Waals surface area (Å²) in [7, 11) is 0. The largest absolute Gasteiger partial charge is 0.395 e. The van der Waals surface area contributed by atoms with Crippen molar-refractivity contribution in [2.24, 2.45) is 0 Å². The molecule has 0 heterocycles. The molecule has 0 spiro atoms. The van der Waals surface area contributed by atoms with E-state index in [0.29, 0.717) is 6.42 Å². The standard InChI is InChI=1S/C20H23FN2O3/c1-15(25)23(14-17-7-9-18(21)10-8-17)19(20(26)22-11-12-24)13-16-5-3-2-4-6-16/h2-10,19,24H,11-14H2,1H3,(H,22,26)/t19-/m0/s1. The van der Waals surface area contributed by atoms with Crippen molar-refractivity contribution in [3.05, 3.63) is 71.5 Å². The quantitative estimate of drug-likeness (QED) is 0.757. The van der Waals surface area contributed by atoms with E-state index in [1.807, 2.05) is 30.3 Å². The highest BCUT2D eigenvalue weighted by atomic mass is 19.1. The first-order valence-corrected chi connectivity index (χ1v) is 8.45. The summed E-state index contributed by atoms with van der Waals surface area (Å²) < 4.78 is 13.1. The Morgan fingerprint density at radius 1 is 1.08 bits per heavy atom. The number of hydrogen-bond donors (Lipinski definition) is 2. The smallest absolute Gasteiger partial charge is 0.243 e. The van der Waals surface area contributed by atoms with Gasteiger partial charge in [0, 0.05) is 26.4 Å². The molecule has 2 amide bonds. The highest BCUT2D eigenvalue weighted by molar-refractivity contribution is 5.87. The molecule has 2 rings (SSSR count). The second-order valence-electron chi connectivity index (χ2n) is 5.99. The Bertz CT molecular complexity index is 720. The number of aliphatic hydroxyl groups is 1. The zero-order chi connectivity index (χ0) is 18.9. The molecular weight excluding hydrogens is 335 g/mol. The first-order valence-electron chi connectivity index (χ1n) is 8.45. The first-order chi connectivity index (χ1) is 12.5. The number of nitrogens with one attached hydrogen (secondary N) is 1. The van der Waals surface area contributed by atoms with E-state index in [1.165, 1.54) is 24.0 Å². The summed E-state index contributed by atoms with van der Waals surface area (Å²) in [5.74, 6) is -0.945. The fourth-order valence-corrected chi connectivity index (χ4v) is 2.71. The van der Waals surface area contributed by atoms with Crippen molar-refractivity contribution in [2.75, 3.05) is 13.2 Å². The Labute approximate surface area is 152 Å². The number of nitrogens with zero attached hydrogens (tertiary/aromatic N) is 1. The van der Waals surface area contributed by atoms with Crippen LogP contribution in [0.15, 0.2) is 54.6 Å². The predicted molar refractivity (Wildman–Crippen MR) is 96.7 cm³/mol. The summed E-state index contributed by atoms with van der Waals surface area (Å²) in [6.45, 7) is 1.54.